The molecular weight excluding hydrogens is 306 g/mol. The summed E-state index contributed by atoms with van der Waals surface area (Å²) in [6.45, 7) is 3.24. The fourth-order valence-electron chi connectivity index (χ4n) is 2.20. The Morgan fingerprint density at radius 2 is 2.10 bits per heavy atom. The summed E-state index contributed by atoms with van der Waals surface area (Å²) in [4.78, 5) is 14.6. The standard InChI is InChI=1S/C14H19N3O2S2/c1-10(17-5-7-21(19)8-6-17)14(18)16-12-4-2-3-11(9-12)13(15)20/h2-4,9-10H,5-8H2,1H3,(H2,15,20)(H,16,18). The molecule has 1 aliphatic heterocycles. The first-order valence-electron chi connectivity index (χ1n) is 6.77. The van der Waals surface area contributed by atoms with Gasteiger partial charge in [-0.2, -0.15) is 0 Å². The maximum atomic E-state index is 12.3. The van der Waals surface area contributed by atoms with Crippen molar-refractivity contribution in [3.63, 3.8) is 0 Å². The monoisotopic (exact) mass is 325 g/mol. The number of benzene rings is 1. The minimum absolute atomic E-state index is 0.0808. The molecule has 0 bridgehead atoms. The molecule has 3 N–H and O–H groups in total. The number of rotatable bonds is 4. The van der Waals surface area contributed by atoms with E-state index in [9.17, 15) is 9.00 Å². The highest BCUT2D eigenvalue weighted by Crippen LogP contribution is 2.13. The molecule has 0 aliphatic carbocycles. The Hall–Kier alpha value is -1.31. The number of carbonyl (C=O) groups excluding carboxylic acids is 1. The third-order valence-electron chi connectivity index (χ3n) is 3.55. The molecule has 0 radical (unpaired) electrons. The summed E-state index contributed by atoms with van der Waals surface area (Å²) in [5.74, 6) is 1.19. The van der Waals surface area contributed by atoms with Crippen molar-refractivity contribution in [1.82, 2.24) is 4.90 Å². The third-order valence-corrected chi connectivity index (χ3v) is 5.07. The Morgan fingerprint density at radius 3 is 2.71 bits per heavy atom. The van der Waals surface area contributed by atoms with Crippen LogP contribution in [0.3, 0.4) is 0 Å². The van der Waals surface area contributed by atoms with Crippen LogP contribution >= 0.6 is 12.2 Å². The molecule has 1 aliphatic rings. The van der Waals surface area contributed by atoms with Gasteiger partial charge >= 0.3 is 0 Å². The lowest BCUT2D eigenvalue weighted by molar-refractivity contribution is -0.120. The second-order valence-electron chi connectivity index (χ2n) is 4.99. The second-order valence-corrected chi connectivity index (χ2v) is 7.13. The van der Waals surface area contributed by atoms with Gasteiger partial charge in [-0.3, -0.25) is 13.9 Å². The van der Waals surface area contributed by atoms with Gasteiger partial charge in [0.25, 0.3) is 0 Å². The molecule has 7 heteroatoms. The van der Waals surface area contributed by atoms with Crippen molar-refractivity contribution in [1.29, 1.82) is 0 Å². The minimum atomic E-state index is -0.739. The van der Waals surface area contributed by atoms with Crippen molar-refractivity contribution in [3.05, 3.63) is 29.8 Å². The van der Waals surface area contributed by atoms with Crippen molar-refractivity contribution in [2.75, 3.05) is 29.9 Å². The van der Waals surface area contributed by atoms with Gasteiger partial charge in [0.05, 0.1) is 6.04 Å². The van der Waals surface area contributed by atoms with Gasteiger partial charge in [-0.1, -0.05) is 24.4 Å². The molecule has 2 rings (SSSR count). The van der Waals surface area contributed by atoms with Gasteiger partial charge in [-0.15, -0.1) is 0 Å². The van der Waals surface area contributed by atoms with Gasteiger partial charge in [0.2, 0.25) is 5.91 Å². The van der Waals surface area contributed by atoms with Gasteiger partial charge in [0.1, 0.15) is 4.99 Å². The van der Waals surface area contributed by atoms with E-state index in [2.05, 4.69) is 5.32 Å². The fourth-order valence-corrected chi connectivity index (χ4v) is 3.41. The average molecular weight is 325 g/mol. The summed E-state index contributed by atoms with van der Waals surface area (Å²) in [5, 5.41) is 2.87. The molecule has 1 atom stereocenters. The van der Waals surface area contributed by atoms with Crippen LogP contribution in [0.15, 0.2) is 24.3 Å². The number of nitrogens with zero attached hydrogens (tertiary/aromatic N) is 1. The van der Waals surface area contributed by atoms with E-state index in [4.69, 9.17) is 18.0 Å². The number of thiocarbonyl (C=S) groups is 1. The lowest BCUT2D eigenvalue weighted by Crippen LogP contribution is -2.48. The Labute approximate surface area is 132 Å². The van der Waals surface area contributed by atoms with Crippen LogP contribution in [0.1, 0.15) is 12.5 Å². The van der Waals surface area contributed by atoms with Crippen molar-refractivity contribution in [3.8, 4) is 0 Å². The fraction of sp³-hybridized carbons (Fsp3) is 0.429. The predicted molar refractivity (Wildman–Crippen MR) is 89.9 cm³/mol. The number of nitrogens with two attached hydrogens (primary N) is 1. The smallest absolute Gasteiger partial charge is 0.241 e. The van der Waals surface area contributed by atoms with Crippen molar-refractivity contribution >= 4 is 39.6 Å². The molecular formula is C14H19N3O2S2. The highest BCUT2D eigenvalue weighted by molar-refractivity contribution is 7.85. The first kappa shape index (κ1) is 16.1. The van der Waals surface area contributed by atoms with Crippen LogP contribution in [0.5, 0.6) is 0 Å². The number of amides is 1. The van der Waals surface area contributed by atoms with E-state index in [-0.39, 0.29) is 11.9 Å². The molecule has 1 saturated heterocycles. The van der Waals surface area contributed by atoms with Gasteiger partial charge in [-0.05, 0) is 19.1 Å². The van der Waals surface area contributed by atoms with Crippen LogP contribution in [0.2, 0.25) is 0 Å². The zero-order chi connectivity index (χ0) is 15.4. The van der Waals surface area contributed by atoms with Gasteiger partial charge < -0.3 is 11.1 Å². The van der Waals surface area contributed by atoms with Crippen LogP contribution in [0, 0.1) is 0 Å². The highest BCUT2D eigenvalue weighted by atomic mass is 32.2. The topological polar surface area (TPSA) is 75.4 Å². The Kier molecular flexibility index (Phi) is 5.44. The third kappa shape index (κ3) is 4.33. The SMILES string of the molecule is CC(C(=O)Nc1cccc(C(N)=S)c1)N1CCS(=O)CC1. The first-order chi connectivity index (χ1) is 9.97. The van der Waals surface area contributed by atoms with Crippen molar-refractivity contribution < 1.29 is 9.00 Å². The summed E-state index contributed by atoms with van der Waals surface area (Å²) in [6, 6.07) is 6.92. The van der Waals surface area contributed by atoms with E-state index in [1.807, 2.05) is 11.8 Å². The molecule has 21 heavy (non-hydrogen) atoms. The summed E-state index contributed by atoms with van der Waals surface area (Å²) >= 11 is 4.93. The Morgan fingerprint density at radius 1 is 1.43 bits per heavy atom. The molecule has 0 aromatic heterocycles. The van der Waals surface area contributed by atoms with Crippen LogP contribution in [0.25, 0.3) is 0 Å². The summed E-state index contributed by atoms with van der Waals surface area (Å²) in [5.41, 5.74) is 6.99. The Bertz CT molecular complexity index is 567. The second kappa shape index (κ2) is 7.11. The first-order valence-corrected chi connectivity index (χ1v) is 8.67. The molecule has 1 amide bonds. The van der Waals surface area contributed by atoms with E-state index < -0.39 is 10.8 Å². The van der Waals surface area contributed by atoms with Gasteiger partial charge in [-0.25, -0.2) is 0 Å². The predicted octanol–water partition coefficient (Wildman–Crippen LogP) is 0.712. The maximum absolute atomic E-state index is 12.3. The van der Waals surface area contributed by atoms with Crippen molar-refractivity contribution in [2.45, 2.75) is 13.0 Å². The average Bonchev–Trinajstić information content (AvgIpc) is 2.47. The minimum Gasteiger partial charge on any atom is -0.389 e. The van der Waals surface area contributed by atoms with Crippen LogP contribution in [-0.2, 0) is 15.6 Å². The van der Waals surface area contributed by atoms with Gasteiger partial charge in [0, 0.05) is 46.6 Å². The van der Waals surface area contributed by atoms with E-state index in [0.717, 1.165) is 5.56 Å². The molecule has 1 aromatic carbocycles. The van der Waals surface area contributed by atoms with Gasteiger partial charge in [0.15, 0.2) is 0 Å². The number of hydrogen-bond donors (Lipinski definition) is 2. The lowest BCUT2D eigenvalue weighted by Gasteiger charge is -2.31. The number of carbonyl (C=O) groups is 1. The van der Waals surface area contributed by atoms with E-state index in [1.165, 1.54) is 0 Å². The van der Waals surface area contributed by atoms with E-state index >= 15 is 0 Å². The molecule has 1 heterocycles. The van der Waals surface area contributed by atoms with E-state index in [0.29, 0.717) is 35.3 Å². The van der Waals surface area contributed by atoms with Crippen LogP contribution in [-0.4, -0.2) is 50.6 Å². The quantitative estimate of drug-likeness (QED) is 0.798. The number of hydrogen-bond acceptors (Lipinski definition) is 4. The zero-order valence-electron chi connectivity index (χ0n) is 11.9. The molecule has 5 nitrogen and oxygen atoms in total. The molecule has 1 aromatic rings. The molecule has 0 saturated carbocycles. The van der Waals surface area contributed by atoms with E-state index in [1.54, 1.807) is 24.3 Å². The molecule has 0 spiro atoms. The lowest BCUT2D eigenvalue weighted by atomic mass is 10.2. The number of nitrogens with one attached hydrogen (secondary N) is 1. The molecule has 114 valence electrons. The summed E-state index contributed by atoms with van der Waals surface area (Å²) < 4.78 is 11.4. The normalized spacial score (nSPS) is 18.1. The maximum Gasteiger partial charge on any atom is 0.241 e. The summed E-state index contributed by atoms with van der Waals surface area (Å²) in [6.07, 6.45) is 0. The highest BCUT2D eigenvalue weighted by Gasteiger charge is 2.25. The zero-order valence-corrected chi connectivity index (χ0v) is 13.5. The largest absolute Gasteiger partial charge is 0.389 e. The van der Waals surface area contributed by atoms with Crippen LogP contribution < -0.4 is 11.1 Å². The number of anilines is 1. The summed E-state index contributed by atoms with van der Waals surface area (Å²) in [7, 11) is -0.739. The molecule has 1 unspecified atom stereocenters. The van der Waals surface area contributed by atoms with Crippen molar-refractivity contribution in [2.24, 2.45) is 5.73 Å². The Balaban J connectivity index is 1.99. The van der Waals surface area contributed by atoms with Crippen LogP contribution in [0.4, 0.5) is 5.69 Å². The molecule has 1 fully saturated rings.